The molecule has 1 aliphatic rings. The van der Waals surface area contributed by atoms with Crippen molar-refractivity contribution in [2.75, 3.05) is 5.32 Å². The third-order valence-corrected chi connectivity index (χ3v) is 3.64. The lowest BCUT2D eigenvalue weighted by Gasteiger charge is -2.14. The molecule has 2 unspecified atom stereocenters. The molecule has 3 nitrogen and oxygen atoms in total. The van der Waals surface area contributed by atoms with E-state index in [4.69, 9.17) is 5.73 Å². The summed E-state index contributed by atoms with van der Waals surface area (Å²) in [7, 11) is 0. The number of nitrogens with two attached hydrogens (primary N) is 1. The van der Waals surface area contributed by atoms with Gasteiger partial charge in [-0.15, -0.1) is 0 Å². The van der Waals surface area contributed by atoms with Gasteiger partial charge in [0, 0.05) is 17.6 Å². The largest absolute Gasteiger partial charge is 0.328 e. The Morgan fingerprint density at radius 1 is 1.39 bits per heavy atom. The molecule has 1 aromatic rings. The van der Waals surface area contributed by atoms with E-state index in [2.05, 4.69) is 18.3 Å². The summed E-state index contributed by atoms with van der Waals surface area (Å²) in [6.45, 7) is 2.15. The maximum atomic E-state index is 12.2. The first-order chi connectivity index (χ1) is 8.70. The van der Waals surface area contributed by atoms with E-state index >= 15 is 0 Å². The van der Waals surface area contributed by atoms with E-state index < -0.39 is 0 Å². The first kappa shape index (κ1) is 13.1. The summed E-state index contributed by atoms with van der Waals surface area (Å²) in [5.74, 6) is 0.223. The maximum Gasteiger partial charge on any atom is 0.227 e. The SMILES string of the molecule is CCCc1ccccc1NC(=O)C1CCC(N)C1. The quantitative estimate of drug-likeness (QED) is 0.858. The van der Waals surface area contributed by atoms with Gasteiger partial charge >= 0.3 is 0 Å². The molecule has 3 heteroatoms. The van der Waals surface area contributed by atoms with Gasteiger partial charge in [-0.25, -0.2) is 0 Å². The first-order valence-corrected chi connectivity index (χ1v) is 6.85. The van der Waals surface area contributed by atoms with Crippen molar-refractivity contribution in [3.63, 3.8) is 0 Å². The Labute approximate surface area is 109 Å². The van der Waals surface area contributed by atoms with Gasteiger partial charge in [-0.1, -0.05) is 31.5 Å². The van der Waals surface area contributed by atoms with Crippen LogP contribution >= 0.6 is 0 Å². The predicted octanol–water partition coefficient (Wildman–Crippen LogP) is 2.71. The zero-order chi connectivity index (χ0) is 13.0. The van der Waals surface area contributed by atoms with Crippen molar-refractivity contribution in [1.29, 1.82) is 0 Å². The van der Waals surface area contributed by atoms with Gasteiger partial charge in [-0.05, 0) is 37.3 Å². The van der Waals surface area contributed by atoms with Crippen LogP contribution in [0.5, 0.6) is 0 Å². The van der Waals surface area contributed by atoms with Crippen LogP contribution in [0.2, 0.25) is 0 Å². The first-order valence-electron chi connectivity index (χ1n) is 6.85. The number of hydrogen-bond donors (Lipinski definition) is 2. The molecular weight excluding hydrogens is 224 g/mol. The van der Waals surface area contributed by atoms with Crippen LogP contribution in [0.3, 0.4) is 0 Å². The van der Waals surface area contributed by atoms with Crippen molar-refractivity contribution < 1.29 is 4.79 Å². The summed E-state index contributed by atoms with van der Waals surface area (Å²) in [6.07, 6.45) is 4.79. The zero-order valence-electron chi connectivity index (χ0n) is 11.0. The predicted molar refractivity (Wildman–Crippen MR) is 74.4 cm³/mol. The molecule has 98 valence electrons. The molecule has 0 radical (unpaired) electrons. The number of amides is 1. The number of carbonyl (C=O) groups is 1. The molecule has 1 aromatic carbocycles. The lowest BCUT2D eigenvalue weighted by Crippen LogP contribution is -2.23. The average Bonchev–Trinajstić information content (AvgIpc) is 2.79. The summed E-state index contributed by atoms with van der Waals surface area (Å²) in [4.78, 5) is 12.2. The van der Waals surface area contributed by atoms with E-state index in [-0.39, 0.29) is 17.9 Å². The molecule has 1 saturated carbocycles. The molecule has 2 atom stereocenters. The minimum atomic E-state index is 0.0923. The molecule has 3 N–H and O–H groups in total. The molecule has 0 aromatic heterocycles. The number of carbonyl (C=O) groups excluding carboxylic acids is 1. The standard InChI is InChI=1S/C15H22N2O/c1-2-5-11-6-3-4-7-14(11)17-15(18)12-8-9-13(16)10-12/h3-4,6-7,12-13H,2,5,8-10,16H2,1H3,(H,17,18). The van der Waals surface area contributed by atoms with Crippen LogP contribution in [0.25, 0.3) is 0 Å². The Balaban J connectivity index is 2.02. The Hall–Kier alpha value is -1.35. The number of rotatable bonds is 4. The van der Waals surface area contributed by atoms with Gasteiger partial charge in [0.05, 0.1) is 0 Å². The van der Waals surface area contributed by atoms with Crippen LogP contribution in [-0.2, 0) is 11.2 Å². The summed E-state index contributed by atoms with van der Waals surface area (Å²) in [5.41, 5.74) is 8.03. The molecule has 0 heterocycles. The van der Waals surface area contributed by atoms with Crippen LogP contribution < -0.4 is 11.1 Å². The molecule has 0 bridgehead atoms. The Bertz CT molecular complexity index is 417. The Kier molecular flexibility index (Phi) is 4.37. The second-order valence-electron chi connectivity index (χ2n) is 5.17. The summed E-state index contributed by atoms with van der Waals surface area (Å²) in [5, 5.41) is 3.06. The lowest BCUT2D eigenvalue weighted by molar-refractivity contribution is -0.119. The molecule has 1 fully saturated rings. The van der Waals surface area contributed by atoms with Gasteiger partial charge < -0.3 is 11.1 Å². The van der Waals surface area contributed by atoms with Crippen molar-refractivity contribution in [3.8, 4) is 0 Å². The summed E-state index contributed by atoms with van der Waals surface area (Å²) in [6, 6.07) is 8.25. The van der Waals surface area contributed by atoms with Gasteiger partial charge in [0.25, 0.3) is 0 Å². The van der Waals surface area contributed by atoms with Crippen LogP contribution in [0, 0.1) is 5.92 Å². The lowest BCUT2D eigenvalue weighted by atomic mass is 10.0. The number of para-hydroxylation sites is 1. The van der Waals surface area contributed by atoms with Crippen molar-refractivity contribution in [1.82, 2.24) is 0 Å². The minimum absolute atomic E-state index is 0.0923. The van der Waals surface area contributed by atoms with Crippen LogP contribution in [0.1, 0.15) is 38.2 Å². The summed E-state index contributed by atoms with van der Waals surface area (Å²) >= 11 is 0. The monoisotopic (exact) mass is 246 g/mol. The van der Waals surface area contributed by atoms with Gasteiger partial charge in [-0.2, -0.15) is 0 Å². The third-order valence-electron chi connectivity index (χ3n) is 3.64. The van der Waals surface area contributed by atoms with E-state index in [0.29, 0.717) is 0 Å². The smallest absolute Gasteiger partial charge is 0.227 e. The van der Waals surface area contributed by atoms with E-state index in [0.717, 1.165) is 37.8 Å². The van der Waals surface area contributed by atoms with Crippen molar-refractivity contribution in [3.05, 3.63) is 29.8 Å². The number of nitrogens with one attached hydrogen (secondary N) is 1. The molecule has 0 spiro atoms. The number of benzene rings is 1. The van der Waals surface area contributed by atoms with Gasteiger partial charge in [-0.3, -0.25) is 4.79 Å². The van der Waals surface area contributed by atoms with Crippen molar-refractivity contribution >= 4 is 11.6 Å². The normalized spacial score (nSPS) is 23.0. The summed E-state index contributed by atoms with van der Waals surface area (Å²) < 4.78 is 0. The molecular formula is C15H22N2O. The fraction of sp³-hybridized carbons (Fsp3) is 0.533. The highest BCUT2D eigenvalue weighted by Crippen LogP contribution is 2.26. The highest BCUT2D eigenvalue weighted by Gasteiger charge is 2.27. The van der Waals surface area contributed by atoms with E-state index in [9.17, 15) is 4.79 Å². The second-order valence-corrected chi connectivity index (χ2v) is 5.17. The van der Waals surface area contributed by atoms with E-state index in [1.165, 1.54) is 5.56 Å². The Morgan fingerprint density at radius 2 is 2.17 bits per heavy atom. The van der Waals surface area contributed by atoms with Crippen LogP contribution in [0.4, 0.5) is 5.69 Å². The number of aryl methyl sites for hydroxylation is 1. The minimum Gasteiger partial charge on any atom is -0.328 e. The fourth-order valence-electron chi connectivity index (χ4n) is 2.62. The van der Waals surface area contributed by atoms with Crippen LogP contribution in [0.15, 0.2) is 24.3 Å². The van der Waals surface area contributed by atoms with E-state index in [1.54, 1.807) is 0 Å². The van der Waals surface area contributed by atoms with Gasteiger partial charge in [0.2, 0.25) is 5.91 Å². The highest BCUT2D eigenvalue weighted by atomic mass is 16.1. The van der Waals surface area contributed by atoms with Crippen molar-refractivity contribution in [2.45, 2.75) is 45.1 Å². The molecule has 0 saturated heterocycles. The fourth-order valence-corrected chi connectivity index (χ4v) is 2.62. The molecule has 1 aliphatic carbocycles. The van der Waals surface area contributed by atoms with Gasteiger partial charge in [0.1, 0.15) is 0 Å². The average molecular weight is 246 g/mol. The molecule has 18 heavy (non-hydrogen) atoms. The zero-order valence-corrected chi connectivity index (χ0v) is 11.0. The van der Waals surface area contributed by atoms with Crippen molar-refractivity contribution in [2.24, 2.45) is 11.7 Å². The molecule has 2 rings (SSSR count). The van der Waals surface area contributed by atoms with Crippen LogP contribution in [-0.4, -0.2) is 11.9 Å². The number of anilines is 1. The molecule has 0 aliphatic heterocycles. The maximum absolute atomic E-state index is 12.2. The number of hydrogen-bond acceptors (Lipinski definition) is 2. The van der Waals surface area contributed by atoms with Gasteiger partial charge in [0.15, 0.2) is 0 Å². The van der Waals surface area contributed by atoms with E-state index in [1.807, 2.05) is 18.2 Å². The second kappa shape index (κ2) is 6.01. The topological polar surface area (TPSA) is 55.1 Å². The molecule has 1 amide bonds. The highest BCUT2D eigenvalue weighted by molar-refractivity contribution is 5.93. The third kappa shape index (κ3) is 3.10. The Morgan fingerprint density at radius 3 is 2.83 bits per heavy atom.